The molecule has 0 aliphatic rings. The average molecular weight is 249 g/mol. The van der Waals surface area contributed by atoms with E-state index >= 15 is 0 Å². The molecule has 0 fully saturated rings. The third-order valence-electron chi connectivity index (χ3n) is 2.48. The van der Waals surface area contributed by atoms with E-state index in [9.17, 15) is 0 Å². The molecule has 0 amide bonds. The van der Waals surface area contributed by atoms with Crippen LogP contribution < -0.4 is 10.5 Å². The lowest BCUT2D eigenvalue weighted by Gasteiger charge is -2.10. The summed E-state index contributed by atoms with van der Waals surface area (Å²) in [5.74, 6) is 1.25. The monoisotopic (exact) mass is 248 g/mol. The van der Waals surface area contributed by atoms with Crippen molar-refractivity contribution in [3.8, 4) is 11.6 Å². The van der Waals surface area contributed by atoms with Crippen molar-refractivity contribution >= 4 is 11.6 Å². The van der Waals surface area contributed by atoms with Gasteiger partial charge >= 0.3 is 0 Å². The Bertz CT molecular complexity index is 511. The van der Waals surface area contributed by atoms with Crippen molar-refractivity contribution in [3.05, 3.63) is 52.7 Å². The smallest absolute Gasteiger partial charge is 0.223 e. The summed E-state index contributed by atoms with van der Waals surface area (Å²) < 4.78 is 5.69. The molecule has 2 N–H and O–H groups in total. The van der Waals surface area contributed by atoms with Crippen LogP contribution in [0.5, 0.6) is 11.6 Å². The van der Waals surface area contributed by atoms with Crippen LogP contribution in [0.25, 0.3) is 0 Å². The van der Waals surface area contributed by atoms with Gasteiger partial charge in [-0.25, -0.2) is 4.98 Å². The summed E-state index contributed by atoms with van der Waals surface area (Å²) in [7, 11) is 0. The van der Waals surface area contributed by atoms with E-state index in [0.717, 1.165) is 11.1 Å². The number of pyridine rings is 1. The average Bonchev–Trinajstić information content (AvgIpc) is 2.32. The lowest BCUT2D eigenvalue weighted by Crippen LogP contribution is -2.03. The lowest BCUT2D eigenvalue weighted by molar-refractivity contribution is 0.455. The van der Waals surface area contributed by atoms with Crippen molar-refractivity contribution in [1.29, 1.82) is 0 Å². The normalized spacial score (nSPS) is 10.3. The van der Waals surface area contributed by atoms with Gasteiger partial charge in [0.2, 0.25) is 5.88 Å². The first-order valence-corrected chi connectivity index (χ1v) is 5.66. The van der Waals surface area contributed by atoms with E-state index in [-0.39, 0.29) is 0 Å². The van der Waals surface area contributed by atoms with Crippen LogP contribution in [-0.2, 0) is 6.54 Å². The second kappa shape index (κ2) is 5.17. The fourth-order valence-corrected chi connectivity index (χ4v) is 1.64. The van der Waals surface area contributed by atoms with Gasteiger partial charge in [-0.1, -0.05) is 11.6 Å². The number of ether oxygens (including phenoxy) is 1. The number of hydrogen-bond acceptors (Lipinski definition) is 3. The second-order valence-corrected chi connectivity index (χ2v) is 4.11. The number of aromatic nitrogens is 1. The molecule has 0 aliphatic heterocycles. The van der Waals surface area contributed by atoms with E-state index in [1.54, 1.807) is 30.5 Å². The maximum absolute atomic E-state index is 5.81. The van der Waals surface area contributed by atoms with Crippen LogP contribution in [0.15, 0.2) is 36.5 Å². The highest BCUT2D eigenvalue weighted by Gasteiger charge is 2.07. The summed E-state index contributed by atoms with van der Waals surface area (Å²) in [6.45, 7) is 2.39. The zero-order chi connectivity index (χ0) is 12.3. The number of benzene rings is 1. The van der Waals surface area contributed by atoms with Crippen molar-refractivity contribution in [3.63, 3.8) is 0 Å². The van der Waals surface area contributed by atoms with Gasteiger partial charge < -0.3 is 10.5 Å². The Kier molecular flexibility index (Phi) is 3.61. The quantitative estimate of drug-likeness (QED) is 0.907. The summed E-state index contributed by atoms with van der Waals surface area (Å²) in [5.41, 5.74) is 7.68. The molecule has 4 heteroatoms. The van der Waals surface area contributed by atoms with Gasteiger partial charge in [-0.15, -0.1) is 0 Å². The van der Waals surface area contributed by atoms with Gasteiger partial charge in [-0.05, 0) is 42.8 Å². The Morgan fingerprint density at radius 1 is 1.24 bits per heavy atom. The first kappa shape index (κ1) is 11.9. The fraction of sp³-hybridized carbons (Fsp3) is 0.154. The Morgan fingerprint density at radius 3 is 2.59 bits per heavy atom. The van der Waals surface area contributed by atoms with Crippen molar-refractivity contribution in [2.75, 3.05) is 0 Å². The van der Waals surface area contributed by atoms with Crippen molar-refractivity contribution in [2.45, 2.75) is 13.5 Å². The summed E-state index contributed by atoms with van der Waals surface area (Å²) in [4.78, 5) is 4.19. The molecule has 17 heavy (non-hydrogen) atoms. The lowest BCUT2D eigenvalue weighted by atomic mass is 10.1. The Morgan fingerprint density at radius 2 is 1.94 bits per heavy atom. The van der Waals surface area contributed by atoms with Gasteiger partial charge in [0.1, 0.15) is 5.75 Å². The van der Waals surface area contributed by atoms with Crippen LogP contribution in [0.4, 0.5) is 0 Å². The Balaban J connectivity index is 2.29. The van der Waals surface area contributed by atoms with Gasteiger partial charge in [-0.2, -0.15) is 0 Å². The minimum Gasteiger partial charge on any atom is -0.439 e. The van der Waals surface area contributed by atoms with Crippen molar-refractivity contribution < 1.29 is 4.74 Å². The molecule has 0 radical (unpaired) electrons. The molecule has 1 aromatic heterocycles. The molecule has 1 aromatic carbocycles. The summed E-state index contributed by atoms with van der Waals surface area (Å²) in [6.07, 6.45) is 1.71. The molecule has 0 saturated heterocycles. The molecule has 2 rings (SSSR count). The summed E-state index contributed by atoms with van der Waals surface area (Å²) >= 11 is 5.81. The van der Waals surface area contributed by atoms with Crippen molar-refractivity contribution in [1.82, 2.24) is 4.98 Å². The molecule has 0 atom stereocenters. The third kappa shape index (κ3) is 2.75. The van der Waals surface area contributed by atoms with Gasteiger partial charge in [0.05, 0.1) is 0 Å². The second-order valence-electron chi connectivity index (χ2n) is 3.67. The minimum absolute atomic E-state index is 0.405. The highest BCUT2D eigenvalue weighted by atomic mass is 35.5. The van der Waals surface area contributed by atoms with Crippen LogP contribution in [0.2, 0.25) is 5.02 Å². The molecular weight excluding hydrogens is 236 g/mol. The van der Waals surface area contributed by atoms with Crippen LogP contribution in [0.1, 0.15) is 11.1 Å². The summed E-state index contributed by atoms with van der Waals surface area (Å²) in [5, 5.41) is 0.675. The van der Waals surface area contributed by atoms with Crippen LogP contribution in [0, 0.1) is 6.92 Å². The van der Waals surface area contributed by atoms with Gasteiger partial charge in [0.25, 0.3) is 0 Å². The van der Waals surface area contributed by atoms with E-state index in [1.807, 2.05) is 13.0 Å². The predicted octanol–water partition coefficient (Wildman–Crippen LogP) is 3.29. The maximum Gasteiger partial charge on any atom is 0.223 e. The number of nitrogens with zero attached hydrogens (tertiary/aromatic N) is 1. The Labute approximate surface area is 105 Å². The highest BCUT2D eigenvalue weighted by Crippen LogP contribution is 2.25. The first-order valence-electron chi connectivity index (χ1n) is 5.28. The van der Waals surface area contributed by atoms with E-state index in [0.29, 0.717) is 23.2 Å². The maximum atomic E-state index is 5.81. The highest BCUT2D eigenvalue weighted by molar-refractivity contribution is 6.30. The number of rotatable bonds is 3. The number of hydrogen-bond donors (Lipinski definition) is 1. The molecule has 0 unspecified atom stereocenters. The SMILES string of the molecule is Cc1ccnc(Oc2ccc(Cl)cc2)c1CN. The van der Waals surface area contributed by atoms with E-state index in [1.165, 1.54) is 0 Å². The van der Waals surface area contributed by atoms with E-state index in [2.05, 4.69) is 4.98 Å². The molecular formula is C13H13ClN2O. The number of aryl methyl sites for hydroxylation is 1. The zero-order valence-electron chi connectivity index (χ0n) is 9.48. The zero-order valence-corrected chi connectivity index (χ0v) is 10.2. The van der Waals surface area contributed by atoms with Crippen molar-refractivity contribution in [2.24, 2.45) is 5.73 Å². The van der Waals surface area contributed by atoms with Gasteiger partial charge in [0.15, 0.2) is 0 Å². The molecule has 3 nitrogen and oxygen atoms in total. The van der Waals surface area contributed by atoms with Gasteiger partial charge in [-0.3, -0.25) is 0 Å². The fourth-order valence-electron chi connectivity index (χ4n) is 1.51. The molecule has 0 aliphatic carbocycles. The van der Waals surface area contributed by atoms with Crippen LogP contribution in [0.3, 0.4) is 0 Å². The standard InChI is InChI=1S/C13H13ClN2O/c1-9-6-7-16-13(12(9)8-15)17-11-4-2-10(14)3-5-11/h2-7H,8,15H2,1H3. The largest absolute Gasteiger partial charge is 0.439 e. The molecule has 1 heterocycles. The molecule has 88 valence electrons. The molecule has 2 aromatic rings. The van der Waals surface area contributed by atoms with E-state index in [4.69, 9.17) is 22.1 Å². The topological polar surface area (TPSA) is 48.1 Å². The van der Waals surface area contributed by atoms with Crippen LogP contribution >= 0.6 is 11.6 Å². The molecule has 0 spiro atoms. The number of nitrogens with two attached hydrogens (primary N) is 1. The van der Waals surface area contributed by atoms with Crippen LogP contribution in [-0.4, -0.2) is 4.98 Å². The van der Waals surface area contributed by atoms with E-state index < -0.39 is 0 Å². The predicted molar refractivity (Wildman–Crippen MR) is 68.4 cm³/mol. The number of halogens is 1. The third-order valence-corrected chi connectivity index (χ3v) is 2.73. The van der Waals surface area contributed by atoms with Gasteiger partial charge in [0, 0.05) is 23.3 Å². The first-order chi connectivity index (χ1) is 8.20. The molecule has 0 saturated carbocycles. The summed E-state index contributed by atoms with van der Waals surface area (Å²) in [6, 6.07) is 9.06. The minimum atomic E-state index is 0.405. The molecule has 0 bridgehead atoms. The Hall–Kier alpha value is -1.58.